The normalized spacial score (nSPS) is 20.2. The minimum absolute atomic E-state index is 0.00691. The number of nitro groups is 1. The number of thioether (sulfide) groups is 1. The zero-order valence-electron chi connectivity index (χ0n) is 12.8. The summed E-state index contributed by atoms with van der Waals surface area (Å²) in [6, 6.07) is 5.70. The molecule has 2 heterocycles. The molecule has 0 aliphatic carbocycles. The molecule has 24 heavy (non-hydrogen) atoms. The second-order valence-electron chi connectivity index (χ2n) is 5.59. The number of rotatable bonds is 4. The minimum Gasteiger partial charge on any atom is -0.351 e. The predicted octanol–water partition coefficient (Wildman–Crippen LogP) is 2.02. The number of amidine groups is 1. The van der Waals surface area contributed by atoms with Crippen molar-refractivity contribution in [2.45, 2.75) is 24.5 Å². The molecule has 2 aliphatic rings. The van der Waals surface area contributed by atoms with Gasteiger partial charge in [-0.15, -0.1) is 0 Å². The first-order chi connectivity index (χ1) is 11.5. The van der Waals surface area contributed by atoms with Crippen LogP contribution < -0.4 is 5.32 Å². The number of hydrogen-bond donors (Lipinski definition) is 1. The maximum Gasteiger partial charge on any atom is 0.271 e. The SMILES string of the molecule is O=C(CC1SC(N2CCCC2)=NC1=O)Nc1cccc([N+](=O)[O-])c1. The Morgan fingerprint density at radius 1 is 1.42 bits per heavy atom. The Morgan fingerprint density at radius 2 is 2.17 bits per heavy atom. The molecule has 1 saturated heterocycles. The van der Waals surface area contributed by atoms with Gasteiger partial charge < -0.3 is 10.2 Å². The lowest BCUT2D eigenvalue weighted by Gasteiger charge is -2.16. The van der Waals surface area contributed by atoms with Crippen molar-refractivity contribution < 1.29 is 14.5 Å². The lowest BCUT2D eigenvalue weighted by Crippen LogP contribution is -2.25. The Labute approximate surface area is 142 Å². The average Bonchev–Trinajstić information content (AvgIpc) is 3.18. The Kier molecular flexibility index (Phi) is 4.79. The van der Waals surface area contributed by atoms with Gasteiger partial charge in [-0.25, -0.2) is 0 Å². The third kappa shape index (κ3) is 3.73. The summed E-state index contributed by atoms with van der Waals surface area (Å²) in [7, 11) is 0. The molecule has 3 rings (SSSR count). The number of non-ortho nitro benzene ring substituents is 1. The minimum atomic E-state index is -0.528. The first-order valence-corrected chi connectivity index (χ1v) is 8.49. The number of nitrogens with zero attached hydrogens (tertiary/aromatic N) is 3. The standard InChI is InChI=1S/C15H16N4O4S/c20-13(16-10-4-3-5-11(8-10)19(22)23)9-12-14(21)17-15(24-12)18-6-1-2-7-18/h3-5,8,12H,1-2,6-7,9H2,(H,16,20). The molecule has 2 aliphatic heterocycles. The fourth-order valence-electron chi connectivity index (χ4n) is 2.63. The summed E-state index contributed by atoms with van der Waals surface area (Å²) in [6.07, 6.45) is 2.17. The average molecular weight is 348 g/mol. The molecule has 1 aromatic carbocycles. The number of anilines is 1. The van der Waals surface area contributed by atoms with Crippen molar-refractivity contribution >= 4 is 40.1 Å². The van der Waals surface area contributed by atoms with E-state index in [2.05, 4.69) is 15.2 Å². The van der Waals surface area contributed by atoms with Gasteiger partial charge in [-0.2, -0.15) is 4.99 Å². The van der Waals surface area contributed by atoms with Crippen LogP contribution in [0.3, 0.4) is 0 Å². The van der Waals surface area contributed by atoms with E-state index in [0.717, 1.165) is 25.9 Å². The van der Waals surface area contributed by atoms with Crippen LogP contribution in [0.15, 0.2) is 29.3 Å². The van der Waals surface area contributed by atoms with E-state index in [-0.39, 0.29) is 23.9 Å². The number of amides is 2. The smallest absolute Gasteiger partial charge is 0.271 e. The van der Waals surface area contributed by atoms with Crippen LogP contribution in [0.1, 0.15) is 19.3 Å². The molecule has 1 atom stereocenters. The largest absolute Gasteiger partial charge is 0.351 e. The number of hydrogen-bond acceptors (Lipinski definition) is 6. The van der Waals surface area contributed by atoms with Gasteiger partial charge in [0.1, 0.15) is 5.25 Å². The molecule has 1 unspecified atom stereocenters. The molecule has 1 fully saturated rings. The molecule has 126 valence electrons. The third-order valence-electron chi connectivity index (χ3n) is 3.82. The van der Waals surface area contributed by atoms with Crippen molar-refractivity contribution in [2.75, 3.05) is 18.4 Å². The Balaban J connectivity index is 1.57. The van der Waals surface area contributed by atoms with Crippen molar-refractivity contribution in [1.29, 1.82) is 0 Å². The predicted molar refractivity (Wildman–Crippen MR) is 91.0 cm³/mol. The summed E-state index contributed by atoms with van der Waals surface area (Å²) >= 11 is 1.32. The monoisotopic (exact) mass is 348 g/mol. The summed E-state index contributed by atoms with van der Waals surface area (Å²) in [5, 5.41) is 13.5. The molecule has 0 aromatic heterocycles. The molecule has 0 saturated carbocycles. The Bertz CT molecular complexity index is 715. The summed E-state index contributed by atoms with van der Waals surface area (Å²) in [6.45, 7) is 1.79. The van der Waals surface area contributed by atoms with Gasteiger partial charge in [0, 0.05) is 37.3 Å². The van der Waals surface area contributed by atoms with E-state index in [1.165, 1.54) is 30.0 Å². The van der Waals surface area contributed by atoms with Gasteiger partial charge in [-0.3, -0.25) is 19.7 Å². The highest BCUT2D eigenvalue weighted by Crippen LogP contribution is 2.29. The first kappa shape index (κ1) is 16.4. The lowest BCUT2D eigenvalue weighted by molar-refractivity contribution is -0.384. The van der Waals surface area contributed by atoms with E-state index in [1.54, 1.807) is 6.07 Å². The van der Waals surface area contributed by atoms with Gasteiger partial charge in [0.05, 0.1) is 4.92 Å². The highest BCUT2D eigenvalue weighted by Gasteiger charge is 2.33. The van der Waals surface area contributed by atoms with Gasteiger partial charge in [0.15, 0.2) is 5.17 Å². The maximum absolute atomic E-state index is 12.1. The summed E-state index contributed by atoms with van der Waals surface area (Å²) in [4.78, 5) is 40.4. The van der Waals surface area contributed by atoms with Crippen LogP contribution in [-0.4, -0.2) is 45.1 Å². The third-order valence-corrected chi connectivity index (χ3v) is 5.03. The van der Waals surface area contributed by atoms with Crippen LogP contribution in [0.5, 0.6) is 0 Å². The van der Waals surface area contributed by atoms with Gasteiger partial charge >= 0.3 is 0 Å². The topological polar surface area (TPSA) is 105 Å². The van der Waals surface area contributed by atoms with Gasteiger partial charge in [0.25, 0.3) is 11.6 Å². The van der Waals surface area contributed by atoms with E-state index in [0.29, 0.717) is 10.9 Å². The summed E-state index contributed by atoms with van der Waals surface area (Å²) in [5.74, 6) is -0.657. The maximum atomic E-state index is 12.1. The number of carbonyl (C=O) groups is 2. The molecule has 0 spiro atoms. The highest BCUT2D eigenvalue weighted by molar-refractivity contribution is 8.15. The van der Waals surface area contributed by atoms with Crippen molar-refractivity contribution in [1.82, 2.24) is 4.90 Å². The van der Waals surface area contributed by atoms with Gasteiger partial charge in [-0.05, 0) is 18.9 Å². The van der Waals surface area contributed by atoms with E-state index >= 15 is 0 Å². The van der Waals surface area contributed by atoms with Crippen molar-refractivity contribution in [3.63, 3.8) is 0 Å². The molecule has 0 bridgehead atoms. The number of nitro benzene ring substituents is 1. The van der Waals surface area contributed by atoms with Crippen molar-refractivity contribution in [3.8, 4) is 0 Å². The fraction of sp³-hybridized carbons (Fsp3) is 0.400. The van der Waals surface area contributed by atoms with Crippen LogP contribution in [0.2, 0.25) is 0 Å². The fourth-order valence-corrected chi connectivity index (χ4v) is 3.75. The molecule has 0 radical (unpaired) electrons. The Hall–Kier alpha value is -2.42. The molecule has 1 aromatic rings. The molecular weight excluding hydrogens is 332 g/mol. The number of likely N-dealkylation sites (tertiary alicyclic amines) is 1. The molecular formula is C15H16N4O4S. The number of aliphatic imine (C=N–C) groups is 1. The Morgan fingerprint density at radius 3 is 2.88 bits per heavy atom. The van der Waals surface area contributed by atoms with Crippen LogP contribution in [-0.2, 0) is 9.59 Å². The van der Waals surface area contributed by atoms with Crippen LogP contribution in [0.4, 0.5) is 11.4 Å². The van der Waals surface area contributed by atoms with Crippen LogP contribution in [0, 0.1) is 10.1 Å². The number of nitrogens with one attached hydrogen (secondary N) is 1. The highest BCUT2D eigenvalue weighted by atomic mass is 32.2. The second-order valence-corrected chi connectivity index (χ2v) is 6.76. The second kappa shape index (κ2) is 7.00. The van der Waals surface area contributed by atoms with Crippen molar-refractivity contribution in [3.05, 3.63) is 34.4 Å². The summed E-state index contributed by atoms with van der Waals surface area (Å²) in [5.41, 5.74) is 0.240. The molecule has 1 N–H and O–H groups in total. The first-order valence-electron chi connectivity index (χ1n) is 7.61. The molecule has 2 amide bonds. The van der Waals surface area contributed by atoms with E-state index in [4.69, 9.17) is 0 Å². The number of carbonyl (C=O) groups excluding carboxylic acids is 2. The van der Waals surface area contributed by atoms with E-state index < -0.39 is 10.2 Å². The van der Waals surface area contributed by atoms with Gasteiger partial charge in [-0.1, -0.05) is 17.8 Å². The van der Waals surface area contributed by atoms with E-state index in [1.807, 2.05) is 0 Å². The van der Waals surface area contributed by atoms with Gasteiger partial charge in [0.2, 0.25) is 5.91 Å². The van der Waals surface area contributed by atoms with Crippen LogP contribution >= 0.6 is 11.8 Å². The molecule has 8 nitrogen and oxygen atoms in total. The zero-order valence-corrected chi connectivity index (χ0v) is 13.6. The zero-order chi connectivity index (χ0) is 17.1. The summed E-state index contributed by atoms with van der Waals surface area (Å²) < 4.78 is 0. The molecule has 9 heteroatoms. The van der Waals surface area contributed by atoms with E-state index in [9.17, 15) is 19.7 Å². The van der Waals surface area contributed by atoms with Crippen LogP contribution in [0.25, 0.3) is 0 Å². The quantitative estimate of drug-likeness (QED) is 0.659. The van der Waals surface area contributed by atoms with Crippen molar-refractivity contribution in [2.24, 2.45) is 4.99 Å². The number of benzene rings is 1. The lowest BCUT2D eigenvalue weighted by atomic mass is 10.2.